The second-order valence-electron chi connectivity index (χ2n) is 7.71. The van der Waals surface area contributed by atoms with Crippen LogP contribution in [0, 0.1) is 0 Å². The lowest BCUT2D eigenvalue weighted by Gasteiger charge is -2.21. The Kier molecular flexibility index (Phi) is 6.79. The Morgan fingerprint density at radius 2 is 1.97 bits per heavy atom. The molecule has 1 aliphatic heterocycles. The van der Waals surface area contributed by atoms with Crippen LogP contribution in [0.1, 0.15) is 52.5 Å². The third kappa shape index (κ3) is 5.23. The molecule has 1 aliphatic rings. The van der Waals surface area contributed by atoms with E-state index in [2.05, 4.69) is 9.97 Å². The number of alkyl halides is 7. The highest BCUT2D eigenvalue weighted by atomic mass is 32.1. The summed E-state index contributed by atoms with van der Waals surface area (Å²) in [7, 11) is 0. The van der Waals surface area contributed by atoms with Gasteiger partial charge in [0.2, 0.25) is 5.01 Å². The number of halogens is 7. The van der Waals surface area contributed by atoms with Crippen molar-refractivity contribution >= 4 is 29.0 Å². The number of anilines is 1. The summed E-state index contributed by atoms with van der Waals surface area (Å²) in [5.74, 6) is -6.41. The number of nitrogens with zero attached hydrogens (tertiary/aromatic N) is 3. The number of amides is 1. The summed E-state index contributed by atoms with van der Waals surface area (Å²) in [5, 5.41) is 10.6. The summed E-state index contributed by atoms with van der Waals surface area (Å²) in [5.41, 5.74) is -1.94. The van der Waals surface area contributed by atoms with Gasteiger partial charge >= 0.3 is 12.1 Å². The molecule has 2 aromatic heterocycles. The van der Waals surface area contributed by atoms with Crippen molar-refractivity contribution < 1.29 is 45.4 Å². The Bertz CT molecular complexity index is 1110. The summed E-state index contributed by atoms with van der Waals surface area (Å²) in [6.07, 6.45) is -7.84. The molecular formula is C19H17F7N4O3S. The molecule has 2 N–H and O–H groups in total. The van der Waals surface area contributed by atoms with E-state index in [1.165, 1.54) is 6.92 Å². The largest absolute Gasteiger partial charge is 0.476 e. The maximum Gasteiger partial charge on any atom is 0.408 e. The van der Waals surface area contributed by atoms with Gasteiger partial charge in [0.15, 0.2) is 0 Å². The second-order valence-corrected chi connectivity index (χ2v) is 8.71. The van der Waals surface area contributed by atoms with Crippen LogP contribution in [-0.4, -0.2) is 62.6 Å². The minimum atomic E-state index is -4.69. The first-order valence-corrected chi connectivity index (χ1v) is 10.5. The molecule has 0 aromatic carbocycles. The minimum absolute atomic E-state index is 0.345. The molecule has 7 nitrogen and oxygen atoms in total. The van der Waals surface area contributed by atoms with Gasteiger partial charge in [-0.2, -0.15) is 13.2 Å². The van der Waals surface area contributed by atoms with Gasteiger partial charge in [0.05, 0.1) is 11.4 Å². The zero-order chi connectivity index (χ0) is 25.6. The lowest BCUT2D eigenvalue weighted by molar-refractivity contribution is -0.138. The van der Waals surface area contributed by atoms with Gasteiger partial charge in [-0.1, -0.05) is 0 Å². The molecule has 34 heavy (non-hydrogen) atoms. The molecule has 1 fully saturated rings. The number of likely N-dealkylation sites (tertiary alicyclic amines) is 1. The molecule has 1 saturated heterocycles. The van der Waals surface area contributed by atoms with E-state index in [1.54, 1.807) is 0 Å². The lowest BCUT2D eigenvalue weighted by atomic mass is 10.1. The number of carbonyl (C=O) groups is 2. The molecule has 3 rings (SSSR count). The molecule has 0 saturated carbocycles. The van der Waals surface area contributed by atoms with Gasteiger partial charge < -0.3 is 15.3 Å². The van der Waals surface area contributed by atoms with Crippen molar-refractivity contribution in [3.8, 4) is 10.4 Å². The summed E-state index contributed by atoms with van der Waals surface area (Å²) in [6, 6.07) is -2.41. The Morgan fingerprint density at radius 3 is 2.47 bits per heavy atom. The lowest BCUT2D eigenvalue weighted by Crippen LogP contribution is -2.35. The number of carboxylic acid groups (broad SMARTS) is 1. The van der Waals surface area contributed by atoms with Crippen LogP contribution < -0.4 is 5.32 Å². The van der Waals surface area contributed by atoms with E-state index in [0.29, 0.717) is 17.4 Å². The maximum atomic E-state index is 13.8. The summed E-state index contributed by atoms with van der Waals surface area (Å²) in [4.78, 5) is 32.1. The van der Waals surface area contributed by atoms with Crippen LogP contribution in [0.2, 0.25) is 0 Å². The van der Waals surface area contributed by atoms with Crippen molar-refractivity contribution in [3.05, 3.63) is 28.5 Å². The Balaban J connectivity index is 2.08. The molecule has 1 amide bonds. The van der Waals surface area contributed by atoms with Crippen LogP contribution in [-0.2, 0) is 0 Å². The first kappa shape index (κ1) is 25.6. The number of carbonyl (C=O) groups excluding carboxylic acids is 1. The quantitative estimate of drug-likeness (QED) is 0.523. The van der Waals surface area contributed by atoms with Crippen LogP contribution in [0.5, 0.6) is 0 Å². The van der Waals surface area contributed by atoms with E-state index in [4.69, 9.17) is 0 Å². The number of aromatic nitrogens is 2. The first-order chi connectivity index (χ1) is 15.6. The highest BCUT2D eigenvalue weighted by molar-refractivity contribution is 7.17. The third-order valence-corrected chi connectivity index (χ3v) is 6.15. The molecule has 0 spiro atoms. The molecule has 15 heteroatoms. The summed E-state index contributed by atoms with van der Waals surface area (Å²) < 4.78 is 93.6. The standard InChI is InChI=1S/C19H17F7N4O3S/c1-7-4-18(22,23)6-30(7)16(31)12-13(34-15(29-12)17(32)33)10-5-27-11(3-9(10)14(20)21)28-8(2)19(24,25)26/h3,5,7-8,14H,4,6H2,1-2H3,(H,27,28)(H,32,33)/t7-,8-/m0/s1. The molecule has 0 bridgehead atoms. The second kappa shape index (κ2) is 9.00. The number of nitrogens with one attached hydrogen (secondary N) is 1. The van der Waals surface area contributed by atoms with E-state index in [0.717, 1.165) is 18.0 Å². The smallest absolute Gasteiger partial charge is 0.408 e. The Hall–Kier alpha value is -2.97. The predicted octanol–water partition coefficient (Wildman–Crippen LogP) is 5.07. The van der Waals surface area contributed by atoms with Gasteiger partial charge in [-0.25, -0.2) is 32.3 Å². The van der Waals surface area contributed by atoms with E-state index in [-0.39, 0.29) is 4.88 Å². The van der Waals surface area contributed by atoms with Crippen molar-refractivity contribution in [1.82, 2.24) is 14.9 Å². The zero-order valence-corrected chi connectivity index (χ0v) is 18.3. The highest BCUT2D eigenvalue weighted by Gasteiger charge is 2.46. The molecule has 2 aromatic rings. The van der Waals surface area contributed by atoms with E-state index < -0.39 is 83.1 Å². The third-order valence-electron chi connectivity index (χ3n) is 5.07. The number of aromatic carboxylic acids is 1. The highest BCUT2D eigenvalue weighted by Crippen LogP contribution is 2.40. The molecular weight excluding hydrogens is 497 g/mol. The Labute approximate surface area is 191 Å². The van der Waals surface area contributed by atoms with Crippen molar-refractivity contribution in [3.63, 3.8) is 0 Å². The van der Waals surface area contributed by atoms with Gasteiger partial charge in [-0.3, -0.25) is 4.79 Å². The molecule has 0 aliphatic carbocycles. The van der Waals surface area contributed by atoms with Crippen LogP contribution in [0.15, 0.2) is 12.3 Å². The van der Waals surface area contributed by atoms with E-state index >= 15 is 0 Å². The van der Waals surface area contributed by atoms with Gasteiger partial charge in [0, 0.05) is 29.8 Å². The average Bonchev–Trinajstić information content (AvgIpc) is 3.27. The van der Waals surface area contributed by atoms with Gasteiger partial charge in [0.1, 0.15) is 17.6 Å². The number of carboxylic acids is 1. The number of hydrogen-bond donors (Lipinski definition) is 2. The molecule has 0 radical (unpaired) electrons. The average molecular weight is 514 g/mol. The van der Waals surface area contributed by atoms with Crippen molar-refractivity contribution in [2.45, 2.75) is 50.9 Å². The predicted molar refractivity (Wildman–Crippen MR) is 106 cm³/mol. The summed E-state index contributed by atoms with van der Waals surface area (Å²) in [6.45, 7) is 1.13. The first-order valence-electron chi connectivity index (χ1n) is 9.65. The zero-order valence-electron chi connectivity index (χ0n) is 17.5. The van der Waals surface area contributed by atoms with Crippen LogP contribution in [0.4, 0.5) is 36.6 Å². The summed E-state index contributed by atoms with van der Waals surface area (Å²) >= 11 is 0.345. The number of pyridine rings is 1. The molecule has 2 atom stereocenters. The fourth-order valence-electron chi connectivity index (χ4n) is 3.38. The van der Waals surface area contributed by atoms with Crippen molar-refractivity contribution in [1.29, 1.82) is 0 Å². The molecule has 0 unspecified atom stereocenters. The van der Waals surface area contributed by atoms with Crippen molar-refractivity contribution in [2.75, 3.05) is 11.9 Å². The normalized spacial score (nSPS) is 18.9. The number of hydrogen-bond acceptors (Lipinski definition) is 6. The van der Waals surface area contributed by atoms with Gasteiger partial charge in [-0.15, -0.1) is 11.3 Å². The molecule has 186 valence electrons. The number of rotatable bonds is 6. The topological polar surface area (TPSA) is 95.4 Å². The van der Waals surface area contributed by atoms with Crippen LogP contribution in [0.3, 0.4) is 0 Å². The minimum Gasteiger partial charge on any atom is -0.476 e. The van der Waals surface area contributed by atoms with Gasteiger partial charge in [0.25, 0.3) is 18.3 Å². The van der Waals surface area contributed by atoms with Crippen molar-refractivity contribution in [2.24, 2.45) is 0 Å². The van der Waals surface area contributed by atoms with E-state index in [1.807, 2.05) is 5.32 Å². The number of thiazole rings is 1. The Morgan fingerprint density at radius 1 is 1.32 bits per heavy atom. The maximum absolute atomic E-state index is 13.8. The SMILES string of the molecule is C[C@H](Nc1cc(C(F)F)c(-c2sc(C(=O)O)nc2C(=O)N2CC(F)(F)C[C@@H]2C)cn1)C(F)(F)F. The fourth-order valence-corrected chi connectivity index (χ4v) is 4.31. The monoisotopic (exact) mass is 514 g/mol. The molecule has 3 heterocycles. The fraction of sp³-hybridized carbons (Fsp3) is 0.474. The van der Waals surface area contributed by atoms with Crippen LogP contribution in [0.25, 0.3) is 10.4 Å². The van der Waals surface area contributed by atoms with E-state index in [9.17, 15) is 45.4 Å². The van der Waals surface area contributed by atoms with Crippen LogP contribution >= 0.6 is 11.3 Å². The van der Waals surface area contributed by atoms with Gasteiger partial charge in [-0.05, 0) is 19.9 Å².